The zero-order valence-corrected chi connectivity index (χ0v) is 12.6. The average Bonchev–Trinajstić information content (AvgIpc) is 3.05. The number of thiophene rings is 1. The van der Waals surface area contributed by atoms with Gasteiger partial charge in [0.25, 0.3) is 0 Å². The van der Waals surface area contributed by atoms with E-state index in [1.165, 1.54) is 33.9 Å². The minimum absolute atomic E-state index is 0.0450. The molecule has 2 nitrogen and oxygen atoms in total. The van der Waals surface area contributed by atoms with Crippen molar-refractivity contribution in [2.75, 3.05) is 0 Å². The largest absolute Gasteiger partial charge is 0.291 e. The molecule has 0 radical (unpaired) electrons. The van der Waals surface area contributed by atoms with Crippen molar-refractivity contribution >= 4 is 28.7 Å². The Morgan fingerprint density at radius 2 is 2.24 bits per heavy atom. The van der Waals surface area contributed by atoms with Gasteiger partial charge < -0.3 is 0 Å². The molecule has 0 saturated heterocycles. The van der Waals surface area contributed by atoms with Gasteiger partial charge in [-0.2, -0.15) is 5.26 Å². The highest BCUT2D eigenvalue weighted by molar-refractivity contribution is 7.14. The molecule has 1 unspecified atom stereocenters. The molecule has 0 spiro atoms. The number of hydrogen-bond acceptors (Lipinski definition) is 3. The smallest absolute Gasteiger partial charge is 0.194 e. The second kappa shape index (κ2) is 5.59. The van der Waals surface area contributed by atoms with Crippen molar-refractivity contribution in [3.63, 3.8) is 0 Å². The van der Waals surface area contributed by atoms with Crippen molar-refractivity contribution in [1.82, 2.24) is 0 Å². The minimum atomic E-state index is -1.15. The molecule has 1 atom stereocenters. The van der Waals surface area contributed by atoms with Crippen LogP contribution in [0.15, 0.2) is 24.3 Å². The number of carbonyl (C=O) groups is 1. The lowest BCUT2D eigenvalue weighted by molar-refractivity contribution is 0.0981. The Kier molecular flexibility index (Phi) is 3.79. The zero-order valence-electron chi connectivity index (χ0n) is 11.0. The highest BCUT2D eigenvalue weighted by Crippen LogP contribution is 2.34. The number of benzene rings is 1. The van der Waals surface area contributed by atoms with Crippen LogP contribution in [0.4, 0.5) is 4.39 Å². The van der Waals surface area contributed by atoms with Crippen molar-refractivity contribution in [2.24, 2.45) is 0 Å². The predicted molar refractivity (Wildman–Crippen MR) is 80.4 cm³/mol. The Bertz CT molecular complexity index is 741. The van der Waals surface area contributed by atoms with Gasteiger partial charge in [-0.25, -0.2) is 4.39 Å². The van der Waals surface area contributed by atoms with Crippen molar-refractivity contribution in [3.05, 3.63) is 56.0 Å². The molecule has 1 aromatic heterocycles. The molecular weight excluding hydrogens is 309 g/mol. The molecule has 3 rings (SSSR count). The Hall–Kier alpha value is -1.70. The number of hydrogen-bond donors (Lipinski definition) is 0. The second-order valence-electron chi connectivity index (χ2n) is 4.98. The number of Topliss-reactive ketones (excluding diaryl/α,β-unsaturated/α-hetero) is 1. The molecule has 1 aliphatic carbocycles. The zero-order chi connectivity index (χ0) is 15.0. The van der Waals surface area contributed by atoms with Crippen LogP contribution in [0.2, 0.25) is 5.02 Å². The molecule has 0 saturated carbocycles. The van der Waals surface area contributed by atoms with Gasteiger partial charge in [-0.1, -0.05) is 23.7 Å². The van der Waals surface area contributed by atoms with Gasteiger partial charge in [-0.15, -0.1) is 11.3 Å². The first-order valence-corrected chi connectivity index (χ1v) is 7.80. The molecule has 0 fully saturated rings. The van der Waals surface area contributed by atoms with Gasteiger partial charge in [0.05, 0.1) is 16.0 Å². The van der Waals surface area contributed by atoms with Crippen LogP contribution in [0.25, 0.3) is 0 Å². The molecule has 106 valence electrons. The summed E-state index contributed by atoms with van der Waals surface area (Å²) in [6.45, 7) is 0. The van der Waals surface area contributed by atoms with E-state index in [1.54, 1.807) is 6.07 Å². The standard InChI is InChI=1S/C16H11ClFNOS/c17-12-5-2-4-10(15(12)18)11(8-19)16(20)14-7-9-3-1-6-13(9)21-14/h2,4-5,7,11H,1,3,6H2. The van der Waals surface area contributed by atoms with Gasteiger partial charge in [0, 0.05) is 10.4 Å². The van der Waals surface area contributed by atoms with E-state index in [4.69, 9.17) is 11.6 Å². The maximum atomic E-state index is 14.0. The lowest BCUT2D eigenvalue weighted by Crippen LogP contribution is -2.11. The SMILES string of the molecule is N#CC(C(=O)c1cc2c(s1)CCC2)c1cccc(Cl)c1F. The summed E-state index contributed by atoms with van der Waals surface area (Å²) in [6.07, 6.45) is 3.07. The number of rotatable bonds is 3. The molecule has 0 aliphatic heterocycles. The number of nitrogens with zero attached hydrogens (tertiary/aromatic N) is 1. The van der Waals surface area contributed by atoms with Crippen LogP contribution in [-0.4, -0.2) is 5.78 Å². The summed E-state index contributed by atoms with van der Waals surface area (Å²) in [5.74, 6) is -2.19. The van der Waals surface area contributed by atoms with Gasteiger partial charge in [0.2, 0.25) is 0 Å². The summed E-state index contributed by atoms with van der Waals surface area (Å²) in [5.41, 5.74) is 1.23. The topological polar surface area (TPSA) is 40.9 Å². The summed E-state index contributed by atoms with van der Waals surface area (Å²) in [4.78, 5) is 14.3. The molecule has 1 aromatic carbocycles. The quantitative estimate of drug-likeness (QED) is 0.780. The van der Waals surface area contributed by atoms with Gasteiger partial charge in [0.1, 0.15) is 11.7 Å². The molecule has 0 amide bonds. The molecule has 1 heterocycles. The van der Waals surface area contributed by atoms with E-state index in [0.29, 0.717) is 4.88 Å². The summed E-state index contributed by atoms with van der Waals surface area (Å²) in [6, 6.07) is 8.15. The van der Waals surface area contributed by atoms with Gasteiger partial charge in [-0.05, 0) is 37.0 Å². The van der Waals surface area contributed by atoms with Crippen molar-refractivity contribution in [1.29, 1.82) is 5.26 Å². The highest BCUT2D eigenvalue weighted by Gasteiger charge is 2.28. The van der Waals surface area contributed by atoms with Crippen molar-refractivity contribution < 1.29 is 9.18 Å². The third kappa shape index (κ3) is 2.48. The first-order valence-electron chi connectivity index (χ1n) is 6.61. The number of ketones is 1. The minimum Gasteiger partial charge on any atom is -0.291 e. The Balaban J connectivity index is 1.98. The first-order chi connectivity index (χ1) is 10.1. The van der Waals surface area contributed by atoms with Crippen LogP contribution in [-0.2, 0) is 12.8 Å². The lowest BCUT2D eigenvalue weighted by atomic mass is 9.94. The van der Waals surface area contributed by atoms with E-state index in [9.17, 15) is 14.4 Å². The molecule has 1 aliphatic rings. The fourth-order valence-corrected chi connectivity index (χ4v) is 4.01. The van der Waals surface area contributed by atoms with Crippen LogP contribution in [0.3, 0.4) is 0 Å². The summed E-state index contributed by atoms with van der Waals surface area (Å²) >= 11 is 7.16. The fourth-order valence-electron chi connectivity index (χ4n) is 2.61. The maximum Gasteiger partial charge on any atom is 0.194 e. The molecule has 0 N–H and O–H groups in total. The molecule has 2 aromatic rings. The fraction of sp³-hybridized carbons (Fsp3) is 0.250. The third-order valence-electron chi connectivity index (χ3n) is 3.67. The van der Waals surface area contributed by atoms with Crippen LogP contribution in [0.5, 0.6) is 0 Å². The van der Waals surface area contributed by atoms with Crippen LogP contribution >= 0.6 is 22.9 Å². The second-order valence-corrected chi connectivity index (χ2v) is 6.53. The molecule has 0 bridgehead atoms. The van der Waals surface area contributed by atoms with E-state index in [0.717, 1.165) is 19.3 Å². The Morgan fingerprint density at radius 3 is 2.95 bits per heavy atom. The monoisotopic (exact) mass is 319 g/mol. The summed E-state index contributed by atoms with van der Waals surface area (Å²) < 4.78 is 14.0. The molecular formula is C16H11ClFNOS. The summed E-state index contributed by atoms with van der Waals surface area (Å²) in [7, 11) is 0. The summed E-state index contributed by atoms with van der Waals surface area (Å²) in [5, 5.41) is 9.22. The lowest BCUT2D eigenvalue weighted by Gasteiger charge is -2.09. The van der Waals surface area contributed by atoms with E-state index in [-0.39, 0.29) is 16.4 Å². The average molecular weight is 320 g/mol. The predicted octanol–water partition coefficient (Wildman–Crippen LogP) is 4.52. The van der Waals surface area contributed by atoms with Gasteiger partial charge in [-0.3, -0.25) is 4.79 Å². The number of fused-ring (bicyclic) bond motifs is 1. The van der Waals surface area contributed by atoms with Gasteiger partial charge >= 0.3 is 0 Å². The highest BCUT2D eigenvalue weighted by atomic mass is 35.5. The third-order valence-corrected chi connectivity index (χ3v) is 5.22. The van der Waals surface area contributed by atoms with Crippen LogP contribution < -0.4 is 0 Å². The van der Waals surface area contributed by atoms with Crippen LogP contribution in [0, 0.1) is 17.1 Å². The normalized spacial score (nSPS) is 14.5. The van der Waals surface area contributed by atoms with Crippen molar-refractivity contribution in [2.45, 2.75) is 25.2 Å². The van der Waals surface area contributed by atoms with Crippen molar-refractivity contribution in [3.8, 4) is 6.07 Å². The molecule has 5 heteroatoms. The van der Waals surface area contributed by atoms with Gasteiger partial charge in [0.15, 0.2) is 5.78 Å². The van der Waals surface area contributed by atoms with E-state index in [1.807, 2.05) is 12.1 Å². The van der Waals surface area contributed by atoms with E-state index >= 15 is 0 Å². The Morgan fingerprint density at radius 1 is 1.43 bits per heavy atom. The number of nitriles is 1. The number of halogens is 2. The number of aryl methyl sites for hydroxylation is 2. The Labute approximate surface area is 130 Å². The van der Waals surface area contributed by atoms with Crippen LogP contribution in [0.1, 0.15) is 38.0 Å². The maximum absolute atomic E-state index is 14.0. The molecule has 21 heavy (non-hydrogen) atoms. The van der Waals surface area contributed by atoms with E-state index < -0.39 is 11.7 Å². The number of carbonyl (C=O) groups excluding carboxylic acids is 1. The first kappa shape index (κ1) is 14.2. The van der Waals surface area contributed by atoms with E-state index in [2.05, 4.69) is 0 Å².